The Morgan fingerprint density at radius 1 is 1.24 bits per heavy atom. The number of aryl methyl sites for hydroxylation is 2. The zero-order valence-corrected chi connectivity index (χ0v) is 11.6. The molecular formula is C13H15Cl2NO. The maximum absolute atomic E-state index is 12.1. The van der Waals surface area contributed by atoms with Crippen LogP contribution >= 0.6 is 23.2 Å². The molecule has 2 nitrogen and oxygen atoms in total. The fourth-order valence-corrected chi connectivity index (χ4v) is 2.67. The lowest BCUT2D eigenvalue weighted by Gasteiger charge is -2.13. The fourth-order valence-electron chi connectivity index (χ4n) is 1.96. The second-order valence-electron chi connectivity index (χ2n) is 5.04. The summed E-state index contributed by atoms with van der Waals surface area (Å²) in [5, 5.41) is 2.87. The largest absolute Gasteiger partial charge is 0.326 e. The molecule has 1 amide bonds. The second kappa shape index (κ2) is 3.89. The number of carbonyl (C=O) groups excluding carboxylic acids is 1. The van der Waals surface area contributed by atoms with Crippen LogP contribution in [0.5, 0.6) is 0 Å². The van der Waals surface area contributed by atoms with Gasteiger partial charge in [-0.25, -0.2) is 0 Å². The van der Waals surface area contributed by atoms with E-state index in [2.05, 4.69) is 11.4 Å². The average molecular weight is 272 g/mol. The van der Waals surface area contributed by atoms with Crippen LogP contribution in [0.2, 0.25) is 0 Å². The minimum absolute atomic E-state index is 0.118. The van der Waals surface area contributed by atoms with E-state index < -0.39 is 9.75 Å². The number of nitrogens with one attached hydrogen (secondary N) is 1. The van der Waals surface area contributed by atoms with Crippen molar-refractivity contribution in [2.75, 3.05) is 5.32 Å². The summed E-state index contributed by atoms with van der Waals surface area (Å²) < 4.78 is -0.921. The summed E-state index contributed by atoms with van der Waals surface area (Å²) in [6, 6.07) is 5.92. The first-order valence-corrected chi connectivity index (χ1v) is 6.28. The lowest BCUT2D eigenvalue weighted by atomic mass is 10.1. The molecule has 1 unspecified atom stereocenters. The zero-order valence-electron chi connectivity index (χ0n) is 10.1. The van der Waals surface area contributed by atoms with Gasteiger partial charge in [0, 0.05) is 5.69 Å². The predicted octanol–water partition coefficient (Wildman–Crippen LogP) is 3.83. The number of amides is 1. The van der Waals surface area contributed by atoms with Crippen LogP contribution in [0.25, 0.3) is 0 Å². The summed E-state index contributed by atoms with van der Waals surface area (Å²) in [4.78, 5) is 12.1. The highest BCUT2D eigenvalue weighted by atomic mass is 35.5. The molecule has 0 bridgehead atoms. The standard InChI is InChI=1S/C13H15Cl2NO/c1-8-4-9(2)6-10(5-8)16-11(17)12(3)7-13(12,14)15/h4-6H,7H2,1-3H3,(H,16,17). The molecule has 1 aromatic carbocycles. The van der Waals surface area contributed by atoms with E-state index in [-0.39, 0.29) is 5.91 Å². The number of anilines is 1. The molecule has 1 fully saturated rings. The second-order valence-corrected chi connectivity index (χ2v) is 6.53. The summed E-state index contributed by atoms with van der Waals surface area (Å²) in [5.74, 6) is -0.118. The van der Waals surface area contributed by atoms with Gasteiger partial charge in [-0.3, -0.25) is 4.79 Å². The van der Waals surface area contributed by atoms with Gasteiger partial charge in [0.2, 0.25) is 5.91 Å². The number of carbonyl (C=O) groups is 1. The van der Waals surface area contributed by atoms with Crippen molar-refractivity contribution >= 4 is 34.8 Å². The van der Waals surface area contributed by atoms with Crippen molar-refractivity contribution in [1.82, 2.24) is 0 Å². The predicted molar refractivity (Wildman–Crippen MR) is 71.7 cm³/mol. The van der Waals surface area contributed by atoms with Crippen molar-refractivity contribution in [2.45, 2.75) is 31.5 Å². The first-order valence-electron chi connectivity index (χ1n) is 5.52. The molecule has 1 atom stereocenters. The first-order chi connectivity index (χ1) is 7.74. The van der Waals surface area contributed by atoms with Gasteiger partial charge < -0.3 is 5.32 Å². The minimum atomic E-state index is -0.921. The Labute approximate surface area is 111 Å². The molecule has 17 heavy (non-hydrogen) atoms. The number of alkyl halides is 2. The number of halogens is 2. The Bertz CT molecular complexity index is 464. The number of hydrogen-bond acceptors (Lipinski definition) is 1. The Morgan fingerprint density at radius 2 is 1.71 bits per heavy atom. The Balaban J connectivity index is 2.15. The lowest BCUT2D eigenvalue weighted by Crippen LogP contribution is -2.26. The van der Waals surface area contributed by atoms with E-state index in [0.29, 0.717) is 6.42 Å². The Morgan fingerprint density at radius 3 is 2.12 bits per heavy atom. The van der Waals surface area contributed by atoms with Gasteiger partial charge in [0.15, 0.2) is 0 Å². The van der Waals surface area contributed by atoms with Crippen LogP contribution in [0, 0.1) is 19.3 Å². The van der Waals surface area contributed by atoms with E-state index in [1.54, 1.807) is 6.92 Å². The van der Waals surface area contributed by atoms with Gasteiger partial charge >= 0.3 is 0 Å². The van der Waals surface area contributed by atoms with E-state index in [9.17, 15) is 4.79 Å². The molecular weight excluding hydrogens is 257 g/mol. The van der Waals surface area contributed by atoms with Crippen molar-refractivity contribution < 1.29 is 4.79 Å². The highest BCUT2D eigenvalue weighted by molar-refractivity contribution is 6.53. The molecule has 1 N–H and O–H groups in total. The highest BCUT2D eigenvalue weighted by Crippen LogP contribution is 2.64. The van der Waals surface area contributed by atoms with Crippen LogP contribution < -0.4 is 5.32 Å². The van der Waals surface area contributed by atoms with Crippen molar-refractivity contribution in [3.8, 4) is 0 Å². The van der Waals surface area contributed by atoms with E-state index >= 15 is 0 Å². The van der Waals surface area contributed by atoms with E-state index in [1.807, 2.05) is 26.0 Å². The van der Waals surface area contributed by atoms with Crippen LogP contribution in [0.3, 0.4) is 0 Å². The zero-order chi connectivity index (χ0) is 12.8. The summed E-state index contributed by atoms with van der Waals surface area (Å²) in [7, 11) is 0. The van der Waals surface area contributed by atoms with Crippen molar-refractivity contribution in [3.05, 3.63) is 29.3 Å². The normalized spacial score (nSPS) is 25.5. The molecule has 0 heterocycles. The summed E-state index contributed by atoms with van der Waals surface area (Å²) in [5.41, 5.74) is 2.35. The highest BCUT2D eigenvalue weighted by Gasteiger charge is 2.67. The Kier molecular flexibility index (Phi) is 2.91. The van der Waals surface area contributed by atoms with Crippen molar-refractivity contribution in [1.29, 1.82) is 0 Å². The van der Waals surface area contributed by atoms with Crippen LogP contribution in [0.1, 0.15) is 24.5 Å². The monoisotopic (exact) mass is 271 g/mol. The van der Waals surface area contributed by atoms with E-state index in [4.69, 9.17) is 23.2 Å². The number of hydrogen-bond donors (Lipinski definition) is 1. The van der Waals surface area contributed by atoms with Crippen molar-refractivity contribution in [3.63, 3.8) is 0 Å². The maximum atomic E-state index is 12.1. The molecule has 0 aliphatic heterocycles. The first kappa shape index (κ1) is 12.7. The van der Waals surface area contributed by atoms with Gasteiger partial charge in [-0.05, 0) is 50.5 Å². The van der Waals surface area contributed by atoms with Crippen LogP contribution in [-0.2, 0) is 4.79 Å². The molecule has 2 rings (SSSR count). The number of benzene rings is 1. The summed E-state index contributed by atoms with van der Waals surface area (Å²) in [6.07, 6.45) is 0.500. The van der Waals surface area contributed by atoms with Gasteiger partial charge in [-0.2, -0.15) is 0 Å². The molecule has 1 aliphatic carbocycles. The molecule has 4 heteroatoms. The van der Waals surface area contributed by atoms with Gasteiger partial charge in [-0.1, -0.05) is 6.07 Å². The number of rotatable bonds is 2. The smallest absolute Gasteiger partial charge is 0.233 e. The molecule has 0 aromatic heterocycles. The lowest BCUT2D eigenvalue weighted by molar-refractivity contribution is -0.120. The van der Waals surface area contributed by atoms with Gasteiger partial charge in [0.05, 0.1) is 5.41 Å². The SMILES string of the molecule is Cc1cc(C)cc(NC(=O)C2(C)CC2(Cl)Cl)c1. The quantitative estimate of drug-likeness (QED) is 0.814. The van der Waals surface area contributed by atoms with Crippen LogP contribution in [-0.4, -0.2) is 10.2 Å². The topological polar surface area (TPSA) is 29.1 Å². The maximum Gasteiger partial charge on any atom is 0.233 e. The fraction of sp³-hybridized carbons (Fsp3) is 0.462. The third kappa shape index (κ3) is 2.29. The molecule has 1 aromatic rings. The van der Waals surface area contributed by atoms with E-state index in [0.717, 1.165) is 16.8 Å². The van der Waals surface area contributed by atoms with Gasteiger partial charge in [0.25, 0.3) is 0 Å². The van der Waals surface area contributed by atoms with Gasteiger partial charge in [-0.15, -0.1) is 23.2 Å². The molecule has 0 radical (unpaired) electrons. The molecule has 0 saturated heterocycles. The van der Waals surface area contributed by atoms with E-state index in [1.165, 1.54) is 0 Å². The minimum Gasteiger partial charge on any atom is -0.326 e. The van der Waals surface area contributed by atoms with Crippen LogP contribution in [0.4, 0.5) is 5.69 Å². The van der Waals surface area contributed by atoms with Crippen molar-refractivity contribution in [2.24, 2.45) is 5.41 Å². The third-order valence-electron chi connectivity index (χ3n) is 3.24. The molecule has 0 spiro atoms. The van der Waals surface area contributed by atoms with Gasteiger partial charge in [0.1, 0.15) is 4.33 Å². The molecule has 1 aliphatic rings. The molecule has 1 saturated carbocycles. The Hall–Kier alpha value is -0.730. The third-order valence-corrected chi connectivity index (χ3v) is 4.34. The summed E-state index contributed by atoms with van der Waals surface area (Å²) in [6.45, 7) is 5.77. The van der Waals surface area contributed by atoms with Crippen LogP contribution in [0.15, 0.2) is 18.2 Å². The average Bonchev–Trinajstić information content (AvgIpc) is 2.65. The summed E-state index contributed by atoms with van der Waals surface area (Å²) >= 11 is 12.0. The molecule has 92 valence electrons.